The molecular formula is C49H62O10Si2. The molecule has 0 spiro atoms. The van der Waals surface area contributed by atoms with Gasteiger partial charge in [-0.3, -0.25) is 14.4 Å². The molecule has 2 heterocycles. The summed E-state index contributed by atoms with van der Waals surface area (Å²) in [7, 11) is -6.78. The number of benzene rings is 4. The van der Waals surface area contributed by atoms with Crippen LogP contribution >= 0.6 is 0 Å². The number of esters is 3. The van der Waals surface area contributed by atoms with Crippen LogP contribution in [0.2, 0.25) is 10.1 Å². The zero-order chi connectivity index (χ0) is 44.4. The van der Waals surface area contributed by atoms with Gasteiger partial charge in [-0.2, -0.15) is 0 Å². The standard InChI is InChI=1S/C49H62O10Si2/c1-33(50)54-44-43(59-61(49(9,10)11,37-28-20-14-21-29-37)38-30-22-15-23-31-38)42-41(57-45(44)55-34(2)51)40(39(56-42)32-53-46(52)47(3,4)5)58-60(48(6,7)8,35-24-16-12-17-25-35)36-26-18-13-19-27-36/h12-31,39-45H,32H2,1-11H3/t39-,40+,41+,42-,43-,44-,45-/m1/s1. The topological polar surface area (TPSA) is 116 Å². The summed E-state index contributed by atoms with van der Waals surface area (Å²) in [5.74, 6) is -1.66. The zero-order valence-corrected chi connectivity index (χ0v) is 39.4. The molecule has 7 atom stereocenters. The summed E-state index contributed by atoms with van der Waals surface area (Å²) >= 11 is 0. The molecular weight excluding hydrogens is 805 g/mol. The lowest BCUT2D eigenvalue weighted by atomic mass is 9.96. The van der Waals surface area contributed by atoms with Gasteiger partial charge in [-0.1, -0.05) is 163 Å². The van der Waals surface area contributed by atoms with Crippen LogP contribution in [0.5, 0.6) is 0 Å². The minimum Gasteiger partial charge on any atom is -0.462 e. The lowest BCUT2D eigenvalue weighted by molar-refractivity contribution is -0.284. The quantitative estimate of drug-likeness (QED) is 0.0894. The first-order chi connectivity index (χ1) is 28.7. The van der Waals surface area contributed by atoms with Crippen LogP contribution in [0.15, 0.2) is 121 Å². The normalized spacial score (nSPS) is 23.4. The van der Waals surface area contributed by atoms with Gasteiger partial charge in [-0.15, -0.1) is 0 Å². The van der Waals surface area contributed by atoms with E-state index in [1.807, 2.05) is 72.8 Å². The van der Waals surface area contributed by atoms with E-state index in [-0.39, 0.29) is 6.61 Å². The molecule has 326 valence electrons. The molecule has 4 aromatic rings. The van der Waals surface area contributed by atoms with Crippen LogP contribution in [-0.2, 0) is 46.9 Å². The maximum Gasteiger partial charge on any atom is 0.311 e. The molecule has 0 aliphatic carbocycles. The molecule has 2 aliphatic rings. The third kappa shape index (κ3) is 9.35. The number of hydrogen-bond donors (Lipinski definition) is 0. The van der Waals surface area contributed by atoms with Crippen molar-refractivity contribution in [1.82, 2.24) is 0 Å². The summed E-state index contributed by atoms with van der Waals surface area (Å²) < 4.78 is 47.8. The highest BCUT2D eigenvalue weighted by molar-refractivity contribution is 7.00. The van der Waals surface area contributed by atoms with Crippen LogP contribution in [0.25, 0.3) is 0 Å². The summed E-state index contributed by atoms with van der Waals surface area (Å²) in [6.07, 6.45) is -7.43. The van der Waals surface area contributed by atoms with E-state index >= 15 is 0 Å². The average Bonchev–Trinajstić information content (AvgIpc) is 3.54. The van der Waals surface area contributed by atoms with Crippen molar-refractivity contribution in [2.45, 2.75) is 129 Å². The number of ether oxygens (including phenoxy) is 5. The SMILES string of the molecule is CC(=O)O[C@@H]1O[C@@H]2[C@@H](O[C@H](COC(=O)C(C)(C)C)[C@@H]2O[Si](c2ccccc2)(c2ccccc2)C(C)(C)C)[C@@H](O[Si](c2ccccc2)(c2ccccc2)C(C)(C)C)[C@H]1OC(C)=O. The molecule has 0 N–H and O–H groups in total. The Morgan fingerprint density at radius 2 is 0.869 bits per heavy atom. The molecule has 2 fully saturated rings. The maximum absolute atomic E-state index is 13.5. The Hall–Kier alpha value is -4.44. The average molecular weight is 867 g/mol. The highest BCUT2D eigenvalue weighted by Crippen LogP contribution is 2.46. The van der Waals surface area contributed by atoms with Crippen molar-refractivity contribution < 1.29 is 46.9 Å². The fraction of sp³-hybridized carbons (Fsp3) is 0.449. The van der Waals surface area contributed by atoms with Crippen molar-refractivity contribution in [3.05, 3.63) is 121 Å². The van der Waals surface area contributed by atoms with Gasteiger partial charge >= 0.3 is 17.9 Å². The van der Waals surface area contributed by atoms with Crippen molar-refractivity contribution in [3.8, 4) is 0 Å². The number of carbonyl (C=O) groups excluding carboxylic acids is 3. The fourth-order valence-electron chi connectivity index (χ4n) is 8.90. The van der Waals surface area contributed by atoms with Crippen LogP contribution in [0.4, 0.5) is 0 Å². The molecule has 2 saturated heterocycles. The van der Waals surface area contributed by atoms with E-state index in [0.29, 0.717) is 0 Å². The van der Waals surface area contributed by atoms with E-state index in [1.54, 1.807) is 20.8 Å². The van der Waals surface area contributed by atoms with Gasteiger partial charge in [0.1, 0.15) is 37.1 Å². The van der Waals surface area contributed by atoms with Gasteiger partial charge in [0.25, 0.3) is 16.6 Å². The molecule has 0 amide bonds. The molecule has 6 rings (SSSR count). The van der Waals surface area contributed by atoms with Gasteiger partial charge in [-0.05, 0) is 51.6 Å². The highest BCUT2D eigenvalue weighted by atomic mass is 28.4. The van der Waals surface area contributed by atoms with E-state index in [9.17, 15) is 14.4 Å². The third-order valence-corrected chi connectivity index (χ3v) is 21.6. The summed E-state index contributed by atoms with van der Waals surface area (Å²) in [5.41, 5.74) is -0.800. The first-order valence-corrected chi connectivity index (χ1v) is 24.9. The maximum atomic E-state index is 13.5. The molecule has 0 bridgehead atoms. The molecule has 12 heteroatoms. The van der Waals surface area contributed by atoms with E-state index in [1.165, 1.54) is 13.8 Å². The molecule has 0 aromatic heterocycles. The van der Waals surface area contributed by atoms with Crippen LogP contribution in [0.3, 0.4) is 0 Å². The van der Waals surface area contributed by atoms with Gasteiger partial charge in [0.15, 0.2) is 6.10 Å². The summed E-state index contributed by atoms with van der Waals surface area (Å²) in [4.78, 5) is 39.6. The Bertz CT molecular complexity index is 2020. The lowest BCUT2D eigenvalue weighted by Gasteiger charge is -2.51. The van der Waals surface area contributed by atoms with Crippen molar-refractivity contribution in [2.75, 3.05) is 6.61 Å². The minimum absolute atomic E-state index is 0.169. The Balaban J connectivity index is 1.60. The van der Waals surface area contributed by atoms with Crippen LogP contribution in [0.1, 0.15) is 76.2 Å². The fourth-order valence-corrected chi connectivity index (χ4v) is 18.3. The molecule has 0 radical (unpaired) electrons. The monoisotopic (exact) mass is 866 g/mol. The van der Waals surface area contributed by atoms with Crippen molar-refractivity contribution in [2.24, 2.45) is 5.41 Å². The Labute approximate surface area is 363 Å². The van der Waals surface area contributed by atoms with Gasteiger partial charge in [0.05, 0.1) is 5.41 Å². The van der Waals surface area contributed by atoms with E-state index in [2.05, 4.69) is 90.1 Å². The molecule has 61 heavy (non-hydrogen) atoms. The number of fused-ring (bicyclic) bond motifs is 1. The molecule has 4 aromatic carbocycles. The Kier molecular flexibility index (Phi) is 13.7. The molecule has 0 unspecified atom stereocenters. The predicted molar refractivity (Wildman–Crippen MR) is 240 cm³/mol. The number of carbonyl (C=O) groups is 3. The lowest BCUT2D eigenvalue weighted by Crippen LogP contribution is -2.73. The van der Waals surface area contributed by atoms with Crippen LogP contribution < -0.4 is 20.7 Å². The van der Waals surface area contributed by atoms with E-state index < -0.39 is 92.9 Å². The van der Waals surface area contributed by atoms with Crippen molar-refractivity contribution in [1.29, 1.82) is 0 Å². The first kappa shape index (κ1) is 46.1. The molecule has 10 nitrogen and oxygen atoms in total. The Morgan fingerprint density at radius 1 is 0.508 bits per heavy atom. The zero-order valence-electron chi connectivity index (χ0n) is 37.4. The Morgan fingerprint density at radius 3 is 1.21 bits per heavy atom. The minimum atomic E-state index is -3.43. The van der Waals surface area contributed by atoms with Crippen LogP contribution in [-0.4, -0.2) is 84.1 Å². The second-order valence-corrected chi connectivity index (χ2v) is 27.6. The first-order valence-electron chi connectivity index (χ1n) is 21.1. The summed E-state index contributed by atoms with van der Waals surface area (Å²) in [6, 6.07) is 40.6. The number of hydrogen-bond acceptors (Lipinski definition) is 10. The largest absolute Gasteiger partial charge is 0.462 e. The highest BCUT2D eigenvalue weighted by Gasteiger charge is 2.65. The van der Waals surface area contributed by atoms with Gasteiger partial charge in [0, 0.05) is 13.8 Å². The smallest absolute Gasteiger partial charge is 0.311 e. The van der Waals surface area contributed by atoms with Gasteiger partial charge in [-0.25, -0.2) is 0 Å². The van der Waals surface area contributed by atoms with E-state index in [0.717, 1.165) is 20.7 Å². The van der Waals surface area contributed by atoms with Gasteiger partial charge < -0.3 is 32.5 Å². The molecule has 0 saturated carbocycles. The summed E-state index contributed by atoms with van der Waals surface area (Å²) in [6.45, 7) is 20.8. The molecule has 2 aliphatic heterocycles. The van der Waals surface area contributed by atoms with Crippen molar-refractivity contribution in [3.63, 3.8) is 0 Å². The van der Waals surface area contributed by atoms with Crippen molar-refractivity contribution >= 4 is 55.3 Å². The van der Waals surface area contributed by atoms with Gasteiger partial charge in [0.2, 0.25) is 6.29 Å². The predicted octanol–water partition coefficient (Wildman–Crippen LogP) is 6.45. The second kappa shape index (κ2) is 18.1. The second-order valence-electron chi connectivity index (χ2n) is 19.1. The number of rotatable bonds is 12. The summed E-state index contributed by atoms with van der Waals surface area (Å²) in [5, 5.41) is 3.04. The van der Waals surface area contributed by atoms with E-state index in [4.69, 9.17) is 32.5 Å². The third-order valence-electron chi connectivity index (χ3n) is 11.6. The van der Waals surface area contributed by atoms with Crippen LogP contribution in [0, 0.1) is 5.41 Å².